The summed E-state index contributed by atoms with van der Waals surface area (Å²) in [4.78, 5) is 24.0. The second kappa shape index (κ2) is 8.85. The number of nitro benzene ring substituents is 1. The lowest BCUT2D eigenvalue weighted by molar-refractivity contribution is -0.384. The first-order valence-electron chi connectivity index (χ1n) is 9.11. The van der Waals surface area contributed by atoms with E-state index in [2.05, 4.69) is 10.2 Å². The molecule has 8 nitrogen and oxygen atoms in total. The fourth-order valence-electron chi connectivity index (χ4n) is 3.15. The lowest BCUT2D eigenvalue weighted by Gasteiger charge is -2.14. The molecule has 29 heavy (non-hydrogen) atoms. The van der Waals surface area contributed by atoms with Crippen LogP contribution in [-0.2, 0) is 11.3 Å². The van der Waals surface area contributed by atoms with Gasteiger partial charge in [-0.25, -0.2) is 0 Å². The molecule has 1 aliphatic heterocycles. The van der Waals surface area contributed by atoms with Crippen molar-refractivity contribution in [3.63, 3.8) is 0 Å². The number of nitrogens with zero attached hydrogens (tertiary/aromatic N) is 4. The van der Waals surface area contributed by atoms with Crippen LogP contribution in [0.1, 0.15) is 23.2 Å². The van der Waals surface area contributed by atoms with E-state index < -0.39 is 4.92 Å². The molecule has 0 saturated carbocycles. The summed E-state index contributed by atoms with van der Waals surface area (Å²) in [6.45, 7) is 1.39. The third kappa shape index (κ3) is 4.55. The Morgan fingerprint density at radius 3 is 2.97 bits per heavy atom. The van der Waals surface area contributed by atoms with Gasteiger partial charge in [0, 0.05) is 24.3 Å². The van der Waals surface area contributed by atoms with Crippen molar-refractivity contribution in [2.75, 3.05) is 12.4 Å². The van der Waals surface area contributed by atoms with Crippen molar-refractivity contribution < 1.29 is 14.5 Å². The Balaban J connectivity index is 1.52. The van der Waals surface area contributed by atoms with Crippen LogP contribution in [0.15, 0.2) is 46.9 Å². The number of nitro groups is 1. The molecular formula is C19H18N4O4S2. The van der Waals surface area contributed by atoms with Crippen molar-refractivity contribution >= 4 is 34.6 Å². The van der Waals surface area contributed by atoms with Crippen molar-refractivity contribution in [3.8, 4) is 10.7 Å². The van der Waals surface area contributed by atoms with Gasteiger partial charge in [0.15, 0.2) is 16.8 Å². The Morgan fingerprint density at radius 1 is 1.34 bits per heavy atom. The van der Waals surface area contributed by atoms with Gasteiger partial charge in [-0.3, -0.25) is 19.5 Å². The number of ketones is 1. The molecule has 3 heterocycles. The number of ether oxygens (including phenoxy) is 1. The Kier molecular flexibility index (Phi) is 6.02. The van der Waals surface area contributed by atoms with Gasteiger partial charge in [-0.2, -0.15) is 0 Å². The van der Waals surface area contributed by atoms with E-state index in [4.69, 9.17) is 4.74 Å². The van der Waals surface area contributed by atoms with Crippen molar-refractivity contribution in [2.24, 2.45) is 0 Å². The van der Waals surface area contributed by atoms with Crippen LogP contribution in [0, 0.1) is 10.1 Å². The van der Waals surface area contributed by atoms with Gasteiger partial charge in [0.1, 0.15) is 0 Å². The smallest absolute Gasteiger partial charge is 0.270 e. The van der Waals surface area contributed by atoms with Gasteiger partial charge in [0.2, 0.25) is 0 Å². The van der Waals surface area contributed by atoms with Crippen LogP contribution in [0.2, 0.25) is 0 Å². The number of thioether (sulfide) groups is 1. The highest BCUT2D eigenvalue weighted by Crippen LogP contribution is 2.29. The maximum absolute atomic E-state index is 12.6. The van der Waals surface area contributed by atoms with E-state index in [-0.39, 0.29) is 23.3 Å². The predicted octanol–water partition coefficient (Wildman–Crippen LogP) is 4.07. The minimum atomic E-state index is -0.505. The van der Waals surface area contributed by atoms with Gasteiger partial charge in [-0.15, -0.1) is 21.5 Å². The van der Waals surface area contributed by atoms with E-state index in [1.807, 2.05) is 22.1 Å². The minimum Gasteiger partial charge on any atom is -0.376 e. The third-order valence-electron chi connectivity index (χ3n) is 4.58. The quantitative estimate of drug-likeness (QED) is 0.230. The molecule has 1 saturated heterocycles. The molecule has 10 heteroatoms. The van der Waals surface area contributed by atoms with Gasteiger partial charge in [0.05, 0.1) is 28.2 Å². The number of Topliss-reactive ketones (excluding diaryl/α,β-unsaturated/α-hetero) is 1. The molecule has 1 fully saturated rings. The number of non-ortho nitro benzene ring substituents is 1. The summed E-state index contributed by atoms with van der Waals surface area (Å²) in [5.74, 6) is 0.693. The van der Waals surface area contributed by atoms with E-state index >= 15 is 0 Å². The Morgan fingerprint density at radius 2 is 2.24 bits per heavy atom. The fraction of sp³-hybridized carbons (Fsp3) is 0.316. The van der Waals surface area contributed by atoms with Crippen LogP contribution in [0.25, 0.3) is 10.7 Å². The summed E-state index contributed by atoms with van der Waals surface area (Å²) in [7, 11) is 0. The SMILES string of the molecule is O=C(CSc1nnc(-c2cccs2)n1CC1CCCO1)c1cccc([N+](=O)[O-])c1. The normalized spacial score (nSPS) is 16.2. The Hall–Kier alpha value is -2.56. The van der Waals surface area contributed by atoms with Crippen molar-refractivity contribution in [3.05, 3.63) is 57.5 Å². The average Bonchev–Trinajstić information content (AvgIpc) is 3.49. The number of carbonyl (C=O) groups excluding carboxylic acids is 1. The molecule has 0 amide bonds. The summed E-state index contributed by atoms with van der Waals surface area (Å²) in [5.41, 5.74) is 0.220. The lowest BCUT2D eigenvalue weighted by atomic mass is 10.1. The molecule has 0 N–H and O–H groups in total. The zero-order valence-corrected chi connectivity index (χ0v) is 17.0. The first kappa shape index (κ1) is 19.7. The van der Waals surface area contributed by atoms with Gasteiger partial charge >= 0.3 is 0 Å². The van der Waals surface area contributed by atoms with Gasteiger partial charge in [-0.05, 0) is 24.3 Å². The summed E-state index contributed by atoms with van der Waals surface area (Å²) in [5, 5.41) is 22.2. The van der Waals surface area contributed by atoms with Crippen LogP contribution in [0.5, 0.6) is 0 Å². The van der Waals surface area contributed by atoms with Gasteiger partial charge in [0.25, 0.3) is 5.69 Å². The van der Waals surface area contributed by atoms with E-state index in [1.165, 1.54) is 30.0 Å². The molecule has 1 atom stereocenters. The van der Waals surface area contributed by atoms with Crippen LogP contribution < -0.4 is 0 Å². The molecule has 3 aromatic rings. The molecular weight excluding hydrogens is 412 g/mol. The number of thiophene rings is 1. The second-order valence-corrected chi connectivity index (χ2v) is 8.44. The molecule has 1 aliphatic rings. The third-order valence-corrected chi connectivity index (χ3v) is 6.41. The monoisotopic (exact) mass is 430 g/mol. The minimum absolute atomic E-state index is 0.0950. The number of carbonyl (C=O) groups is 1. The van der Waals surface area contributed by atoms with Crippen molar-refractivity contribution in [1.82, 2.24) is 14.8 Å². The summed E-state index contributed by atoms with van der Waals surface area (Å²) in [6, 6.07) is 9.73. The van der Waals surface area contributed by atoms with Crippen LogP contribution in [0.3, 0.4) is 0 Å². The molecule has 4 rings (SSSR count). The zero-order chi connectivity index (χ0) is 20.2. The Bertz CT molecular complexity index is 1010. The lowest BCUT2D eigenvalue weighted by Crippen LogP contribution is -2.17. The molecule has 0 aliphatic carbocycles. The van der Waals surface area contributed by atoms with Crippen molar-refractivity contribution in [1.29, 1.82) is 0 Å². The first-order valence-corrected chi connectivity index (χ1v) is 11.0. The largest absolute Gasteiger partial charge is 0.376 e. The van der Waals surface area contributed by atoms with E-state index in [9.17, 15) is 14.9 Å². The highest BCUT2D eigenvalue weighted by atomic mass is 32.2. The molecule has 2 aromatic heterocycles. The maximum Gasteiger partial charge on any atom is 0.270 e. The highest BCUT2D eigenvalue weighted by Gasteiger charge is 2.23. The zero-order valence-electron chi connectivity index (χ0n) is 15.4. The van der Waals surface area contributed by atoms with Crippen LogP contribution in [-0.4, -0.2) is 43.9 Å². The molecule has 1 aromatic carbocycles. The molecule has 0 spiro atoms. The van der Waals surface area contributed by atoms with E-state index in [0.717, 1.165) is 30.2 Å². The predicted molar refractivity (Wildman–Crippen MR) is 110 cm³/mol. The average molecular weight is 431 g/mol. The summed E-state index contributed by atoms with van der Waals surface area (Å²) < 4.78 is 7.78. The van der Waals surface area contributed by atoms with Gasteiger partial charge < -0.3 is 4.74 Å². The topological polar surface area (TPSA) is 100 Å². The highest BCUT2D eigenvalue weighted by molar-refractivity contribution is 7.99. The van der Waals surface area contributed by atoms with Crippen LogP contribution in [0.4, 0.5) is 5.69 Å². The summed E-state index contributed by atoms with van der Waals surface area (Å²) in [6.07, 6.45) is 2.13. The van der Waals surface area contributed by atoms with E-state index in [1.54, 1.807) is 17.4 Å². The maximum atomic E-state index is 12.6. The van der Waals surface area contributed by atoms with Crippen molar-refractivity contribution in [2.45, 2.75) is 30.6 Å². The Labute approximate surface area is 175 Å². The van der Waals surface area contributed by atoms with Crippen LogP contribution >= 0.6 is 23.1 Å². The second-order valence-electron chi connectivity index (χ2n) is 6.55. The number of rotatable bonds is 8. The fourth-order valence-corrected chi connectivity index (χ4v) is 4.71. The summed E-state index contributed by atoms with van der Waals surface area (Å²) >= 11 is 2.87. The number of hydrogen-bond acceptors (Lipinski definition) is 8. The number of aromatic nitrogens is 3. The molecule has 1 unspecified atom stereocenters. The number of hydrogen-bond donors (Lipinski definition) is 0. The van der Waals surface area contributed by atoms with Gasteiger partial charge in [-0.1, -0.05) is 30.0 Å². The molecule has 150 valence electrons. The molecule has 0 bridgehead atoms. The molecule has 0 radical (unpaired) electrons. The standard InChI is InChI=1S/C19H18N4O4S2/c24-16(13-4-1-5-14(10-13)23(25)26)12-29-19-21-20-18(17-7-3-9-28-17)22(19)11-15-6-2-8-27-15/h1,3-5,7,9-10,15H,2,6,8,11-12H2. The van der Waals surface area contributed by atoms with E-state index in [0.29, 0.717) is 17.3 Å². The number of benzene rings is 1. The first-order chi connectivity index (χ1) is 14.1.